The van der Waals surface area contributed by atoms with Crippen LogP contribution in [0.15, 0.2) is 48.5 Å². The van der Waals surface area contributed by atoms with Gasteiger partial charge in [-0.05, 0) is 47.7 Å². The molecule has 0 heterocycles. The molecule has 0 radical (unpaired) electrons. The first-order chi connectivity index (χ1) is 15.9. The number of nitrogens with zero attached hydrogens (tertiary/aromatic N) is 1. The lowest BCUT2D eigenvalue weighted by Crippen LogP contribution is -2.50. The highest BCUT2D eigenvalue weighted by molar-refractivity contribution is 7.99. The first-order valence-corrected chi connectivity index (χ1v) is 12.4. The van der Waals surface area contributed by atoms with Crippen LogP contribution in [0.2, 0.25) is 0 Å². The van der Waals surface area contributed by atoms with Crippen molar-refractivity contribution >= 4 is 23.6 Å². The van der Waals surface area contributed by atoms with E-state index in [1.54, 1.807) is 30.9 Å². The third-order valence-corrected chi connectivity index (χ3v) is 6.20. The van der Waals surface area contributed by atoms with Crippen molar-refractivity contribution in [3.8, 4) is 11.5 Å². The molecule has 2 rings (SSSR count). The molecule has 0 aliphatic heterocycles. The Morgan fingerprint density at radius 3 is 2.30 bits per heavy atom. The smallest absolute Gasteiger partial charge is 0.242 e. The Labute approximate surface area is 202 Å². The molecule has 1 atom stereocenters. The molecule has 2 amide bonds. The fourth-order valence-electron chi connectivity index (χ4n) is 3.37. The average Bonchev–Trinajstić information content (AvgIpc) is 2.83. The summed E-state index contributed by atoms with van der Waals surface area (Å²) in [5, 5.41) is 2.99. The summed E-state index contributed by atoms with van der Waals surface area (Å²) in [7, 11) is 3.26. The quantitative estimate of drug-likeness (QED) is 0.464. The van der Waals surface area contributed by atoms with Crippen LogP contribution in [0, 0.1) is 5.92 Å². The maximum absolute atomic E-state index is 13.3. The lowest BCUT2D eigenvalue weighted by molar-refractivity contribution is -0.139. The van der Waals surface area contributed by atoms with Crippen molar-refractivity contribution in [3.63, 3.8) is 0 Å². The van der Waals surface area contributed by atoms with Gasteiger partial charge in [-0.1, -0.05) is 45.0 Å². The van der Waals surface area contributed by atoms with Crippen molar-refractivity contribution < 1.29 is 19.1 Å². The van der Waals surface area contributed by atoms with E-state index < -0.39 is 6.04 Å². The summed E-state index contributed by atoms with van der Waals surface area (Å²) >= 11 is 1.54. The van der Waals surface area contributed by atoms with Gasteiger partial charge in [0.1, 0.15) is 17.5 Å². The van der Waals surface area contributed by atoms with Gasteiger partial charge in [-0.15, -0.1) is 11.8 Å². The molecule has 0 saturated heterocycles. The van der Waals surface area contributed by atoms with Crippen LogP contribution in [0.5, 0.6) is 11.5 Å². The molecule has 0 fully saturated rings. The highest BCUT2D eigenvalue weighted by Crippen LogP contribution is 2.20. The third-order valence-electron chi connectivity index (χ3n) is 5.21. The Balaban J connectivity index is 2.12. The molecular formula is C26H36N2O4S. The number of benzene rings is 2. The molecule has 0 spiro atoms. The third kappa shape index (κ3) is 8.65. The van der Waals surface area contributed by atoms with Crippen LogP contribution in [-0.2, 0) is 21.9 Å². The van der Waals surface area contributed by atoms with Crippen molar-refractivity contribution in [2.75, 3.05) is 26.5 Å². The topological polar surface area (TPSA) is 67.9 Å². The first-order valence-electron chi connectivity index (χ1n) is 11.3. The zero-order valence-electron chi connectivity index (χ0n) is 20.3. The van der Waals surface area contributed by atoms with Crippen LogP contribution in [0.3, 0.4) is 0 Å². The number of ether oxygens (including phenoxy) is 2. The SMILES string of the molecule is CC[C@@H](C(=O)NCC(C)C)N(Cc1cccc(OC)c1)C(=O)CSCc1ccc(OC)cc1. The summed E-state index contributed by atoms with van der Waals surface area (Å²) in [4.78, 5) is 28.0. The Morgan fingerprint density at radius 2 is 1.70 bits per heavy atom. The first kappa shape index (κ1) is 26.6. The average molecular weight is 473 g/mol. The predicted molar refractivity (Wildman–Crippen MR) is 135 cm³/mol. The van der Waals surface area contributed by atoms with Gasteiger partial charge in [0.15, 0.2) is 0 Å². The predicted octanol–water partition coefficient (Wildman–Crippen LogP) is 4.52. The molecule has 7 heteroatoms. The summed E-state index contributed by atoms with van der Waals surface area (Å²) in [6.07, 6.45) is 0.544. The van der Waals surface area contributed by atoms with Crippen LogP contribution in [-0.4, -0.2) is 49.3 Å². The standard InChI is InChI=1S/C26H36N2O4S/c1-6-24(26(30)27-15-19(2)3)28(16-21-8-7-9-23(14-21)32-5)25(29)18-33-17-20-10-12-22(31-4)13-11-20/h7-14,19,24H,6,15-18H2,1-5H3,(H,27,30)/t24-/m0/s1. The van der Waals surface area contributed by atoms with Gasteiger partial charge in [0.05, 0.1) is 20.0 Å². The van der Waals surface area contributed by atoms with Crippen LogP contribution < -0.4 is 14.8 Å². The molecule has 0 aromatic heterocycles. The van der Waals surface area contributed by atoms with Gasteiger partial charge < -0.3 is 19.7 Å². The monoisotopic (exact) mass is 472 g/mol. The number of rotatable bonds is 13. The van der Waals surface area contributed by atoms with Gasteiger partial charge in [0, 0.05) is 18.8 Å². The summed E-state index contributed by atoms with van der Waals surface area (Å²) < 4.78 is 10.5. The number of amides is 2. The van der Waals surface area contributed by atoms with Gasteiger partial charge in [0.2, 0.25) is 11.8 Å². The largest absolute Gasteiger partial charge is 0.497 e. The molecule has 0 aliphatic rings. The van der Waals surface area contributed by atoms with Crippen LogP contribution >= 0.6 is 11.8 Å². The van der Waals surface area contributed by atoms with Crippen molar-refractivity contribution in [1.29, 1.82) is 0 Å². The molecule has 0 aliphatic carbocycles. The summed E-state index contributed by atoms with van der Waals surface area (Å²) in [6, 6.07) is 14.9. The maximum atomic E-state index is 13.3. The van der Waals surface area contributed by atoms with E-state index in [2.05, 4.69) is 19.2 Å². The Bertz CT molecular complexity index is 886. The molecule has 6 nitrogen and oxygen atoms in total. The molecular weight excluding hydrogens is 436 g/mol. The number of carbonyl (C=O) groups excluding carboxylic acids is 2. The van der Waals surface area contributed by atoms with Gasteiger partial charge >= 0.3 is 0 Å². The van der Waals surface area contributed by atoms with Gasteiger partial charge in [-0.3, -0.25) is 9.59 Å². The lowest BCUT2D eigenvalue weighted by Gasteiger charge is -2.31. The zero-order chi connectivity index (χ0) is 24.2. The van der Waals surface area contributed by atoms with Crippen molar-refractivity contribution in [3.05, 3.63) is 59.7 Å². The van der Waals surface area contributed by atoms with Crippen molar-refractivity contribution in [1.82, 2.24) is 10.2 Å². The summed E-state index contributed by atoms with van der Waals surface area (Å²) in [5.41, 5.74) is 2.05. The Morgan fingerprint density at radius 1 is 1.00 bits per heavy atom. The molecule has 180 valence electrons. The minimum absolute atomic E-state index is 0.0529. The fraction of sp³-hybridized carbons (Fsp3) is 0.462. The molecule has 2 aromatic carbocycles. The second kappa shape index (κ2) is 13.8. The molecule has 1 N–H and O–H groups in total. The molecule has 2 aromatic rings. The second-order valence-corrected chi connectivity index (χ2v) is 9.26. The van der Waals surface area contributed by atoms with E-state index in [0.717, 1.165) is 22.6 Å². The van der Waals surface area contributed by atoms with Crippen molar-refractivity contribution in [2.24, 2.45) is 5.92 Å². The molecule has 0 unspecified atom stereocenters. The van der Waals surface area contributed by atoms with Gasteiger partial charge in [0.25, 0.3) is 0 Å². The van der Waals surface area contributed by atoms with Crippen LogP contribution in [0.1, 0.15) is 38.3 Å². The number of hydrogen-bond donors (Lipinski definition) is 1. The molecule has 33 heavy (non-hydrogen) atoms. The normalized spacial score (nSPS) is 11.7. The van der Waals surface area contributed by atoms with Crippen LogP contribution in [0.25, 0.3) is 0 Å². The van der Waals surface area contributed by atoms with Crippen LogP contribution in [0.4, 0.5) is 0 Å². The minimum atomic E-state index is -0.524. The highest BCUT2D eigenvalue weighted by Gasteiger charge is 2.28. The number of methoxy groups -OCH3 is 2. The molecule has 0 saturated carbocycles. The van der Waals surface area contributed by atoms with Gasteiger partial charge in [-0.2, -0.15) is 0 Å². The van der Waals surface area contributed by atoms with E-state index in [1.165, 1.54) is 0 Å². The van der Waals surface area contributed by atoms with E-state index in [0.29, 0.717) is 36.9 Å². The number of nitrogens with one attached hydrogen (secondary N) is 1. The number of thioether (sulfide) groups is 1. The maximum Gasteiger partial charge on any atom is 0.242 e. The Kier molecular flexibility index (Phi) is 11.1. The lowest BCUT2D eigenvalue weighted by atomic mass is 10.1. The zero-order valence-corrected chi connectivity index (χ0v) is 21.1. The van der Waals surface area contributed by atoms with Crippen molar-refractivity contribution in [2.45, 2.75) is 45.5 Å². The fourth-order valence-corrected chi connectivity index (χ4v) is 4.24. The number of hydrogen-bond acceptors (Lipinski definition) is 5. The van der Waals surface area contributed by atoms with E-state index in [-0.39, 0.29) is 11.8 Å². The molecule has 0 bridgehead atoms. The second-order valence-electron chi connectivity index (χ2n) is 8.28. The van der Waals surface area contributed by atoms with E-state index in [9.17, 15) is 9.59 Å². The summed E-state index contributed by atoms with van der Waals surface area (Å²) in [6.45, 7) is 6.98. The van der Waals surface area contributed by atoms with Gasteiger partial charge in [-0.25, -0.2) is 0 Å². The highest BCUT2D eigenvalue weighted by atomic mass is 32.2. The van der Waals surface area contributed by atoms with E-state index in [4.69, 9.17) is 9.47 Å². The Hall–Kier alpha value is -2.67. The number of carbonyl (C=O) groups is 2. The van der Waals surface area contributed by atoms with E-state index in [1.807, 2.05) is 55.5 Å². The van der Waals surface area contributed by atoms with E-state index >= 15 is 0 Å². The minimum Gasteiger partial charge on any atom is -0.497 e. The summed E-state index contributed by atoms with van der Waals surface area (Å²) in [5.74, 6) is 2.72.